The van der Waals surface area contributed by atoms with Crippen molar-refractivity contribution in [2.24, 2.45) is 5.73 Å². The van der Waals surface area contributed by atoms with Crippen molar-refractivity contribution < 1.29 is 19.7 Å². The quantitative estimate of drug-likeness (QED) is 0.434. The lowest BCUT2D eigenvalue weighted by atomic mass is 10.0. The van der Waals surface area contributed by atoms with E-state index in [0.29, 0.717) is 6.29 Å². The van der Waals surface area contributed by atoms with E-state index in [2.05, 4.69) is 0 Å². The standard InChI is InChI=1S/C7H15NO4/c1-4(10)6(11)7(12-2)5(8)3-9/h3-7,10-11H,8H2,1-2H3/t4-,5+,6+,7-/m1/s1. The van der Waals surface area contributed by atoms with Gasteiger partial charge in [0, 0.05) is 7.11 Å². The summed E-state index contributed by atoms with van der Waals surface area (Å²) in [5.41, 5.74) is 5.30. The fourth-order valence-corrected chi connectivity index (χ4v) is 0.876. The summed E-state index contributed by atoms with van der Waals surface area (Å²) in [6, 6.07) is -0.917. The van der Waals surface area contributed by atoms with Gasteiger partial charge in [0.2, 0.25) is 0 Å². The Morgan fingerprint density at radius 1 is 1.50 bits per heavy atom. The van der Waals surface area contributed by atoms with Gasteiger partial charge in [-0.3, -0.25) is 0 Å². The molecule has 0 aliphatic rings. The van der Waals surface area contributed by atoms with Crippen molar-refractivity contribution in [1.29, 1.82) is 0 Å². The van der Waals surface area contributed by atoms with Gasteiger partial charge >= 0.3 is 0 Å². The number of ether oxygens (including phenoxy) is 1. The molecular weight excluding hydrogens is 162 g/mol. The summed E-state index contributed by atoms with van der Waals surface area (Å²) >= 11 is 0. The molecule has 4 atom stereocenters. The molecule has 0 heterocycles. The Hall–Kier alpha value is -0.490. The van der Waals surface area contributed by atoms with E-state index in [1.807, 2.05) is 0 Å². The van der Waals surface area contributed by atoms with Crippen molar-refractivity contribution in [2.75, 3.05) is 7.11 Å². The fraction of sp³-hybridized carbons (Fsp3) is 0.857. The number of rotatable bonds is 5. The molecule has 0 rings (SSSR count). The van der Waals surface area contributed by atoms with Gasteiger partial charge in [0.25, 0.3) is 0 Å². The Kier molecular flexibility index (Phi) is 5.00. The lowest BCUT2D eigenvalue weighted by molar-refractivity contribution is -0.118. The Morgan fingerprint density at radius 2 is 2.00 bits per heavy atom. The second-order valence-corrected chi connectivity index (χ2v) is 2.64. The molecule has 0 aromatic heterocycles. The molecule has 0 saturated carbocycles. The molecule has 0 spiro atoms. The van der Waals surface area contributed by atoms with Crippen LogP contribution in [0, 0.1) is 0 Å². The second-order valence-electron chi connectivity index (χ2n) is 2.64. The Morgan fingerprint density at radius 3 is 2.25 bits per heavy atom. The molecule has 0 radical (unpaired) electrons. The molecule has 0 aromatic rings. The predicted molar refractivity (Wildman–Crippen MR) is 42.5 cm³/mol. The van der Waals surface area contributed by atoms with E-state index in [4.69, 9.17) is 15.6 Å². The molecule has 5 nitrogen and oxygen atoms in total. The Bertz CT molecular complexity index is 139. The van der Waals surface area contributed by atoms with Crippen LogP contribution in [0.15, 0.2) is 0 Å². The van der Waals surface area contributed by atoms with Crippen molar-refractivity contribution in [3.05, 3.63) is 0 Å². The third kappa shape index (κ3) is 2.86. The summed E-state index contributed by atoms with van der Waals surface area (Å²) in [7, 11) is 1.32. The molecule has 5 heteroatoms. The van der Waals surface area contributed by atoms with Crippen molar-refractivity contribution in [3.8, 4) is 0 Å². The molecule has 0 aromatic carbocycles. The number of carbonyl (C=O) groups is 1. The average Bonchev–Trinajstić information content (AvgIpc) is 2.05. The van der Waals surface area contributed by atoms with Crippen LogP contribution in [0.2, 0.25) is 0 Å². The molecule has 0 aliphatic carbocycles. The minimum Gasteiger partial charge on any atom is -0.391 e. The topological polar surface area (TPSA) is 92.8 Å². The van der Waals surface area contributed by atoms with Crippen LogP contribution in [0.5, 0.6) is 0 Å². The Labute approximate surface area is 71.1 Å². The van der Waals surface area contributed by atoms with Crippen LogP contribution in [0.3, 0.4) is 0 Å². The monoisotopic (exact) mass is 177 g/mol. The maximum absolute atomic E-state index is 10.2. The number of nitrogens with two attached hydrogens (primary N) is 1. The second kappa shape index (κ2) is 5.21. The van der Waals surface area contributed by atoms with Gasteiger partial charge < -0.3 is 25.5 Å². The first-order chi connectivity index (χ1) is 5.54. The van der Waals surface area contributed by atoms with Gasteiger partial charge in [0.05, 0.1) is 12.1 Å². The number of hydrogen-bond acceptors (Lipinski definition) is 5. The molecule has 4 N–H and O–H groups in total. The lowest BCUT2D eigenvalue weighted by Gasteiger charge is -2.25. The first-order valence-corrected chi connectivity index (χ1v) is 3.64. The molecule has 72 valence electrons. The molecular formula is C7H15NO4. The zero-order chi connectivity index (χ0) is 9.72. The average molecular weight is 177 g/mol. The van der Waals surface area contributed by atoms with Crippen molar-refractivity contribution in [1.82, 2.24) is 0 Å². The fourth-order valence-electron chi connectivity index (χ4n) is 0.876. The largest absolute Gasteiger partial charge is 0.391 e. The van der Waals surface area contributed by atoms with E-state index >= 15 is 0 Å². The van der Waals surface area contributed by atoms with Gasteiger partial charge in [0.15, 0.2) is 0 Å². The zero-order valence-corrected chi connectivity index (χ0v) is 7.18. The molecule has 0 unspecified atom stereocenters. The van der Waals surface area contributed by atoms with Gasteiger partial charge in [0.1, 0.15) is 18.5 Å². The van der Waals surface area contributed by atoms with Gasteiger partial charge in [-0.05, 0) is 6.92 Å². The zero-order valence-electron chi connectivity index (χ0n) is 7.18. The van der Waals surface area contributed by atoms with Gasteiger partial charge in [-0.25, -0.2) is 0 Å². The third-order valence-electron chi connectivity index (χ3n) is 1.64. The SMILES string of the molecule is CO[C@@H]([C@@H](O)[C@@H](C)O)[C@@H](N)C=O. The minimum atomic E-state index is -1.14. The number of aldehydes is 1. The van der Waals surface area contributed by atoms with E-state index in [0.717, 1.165) is 0 Å². The number of hydrogen-bond donors (Lipinski definition) is 3. The minimum absolute atomic E-state index is 0.472. The van der Waals surface area contributed by atoms with Crippen molar-refractivity contribution in [3.63, 3.8) is 0 Å². The highest BCUT2D eigenvalue weighted by Crippen LogP contribution is 2.05. The van der Waals surface area contributed by atoms with Crippen LogP contribution in [0.25, 0.3) is 0 Å². The molecule has 0 fully saturated rings. The summed E-state index contributed by atoms with van der Waals surface area (Å²) in [4.78, 5) is 10.2. The van der Waals surface area contributed by atoms with Gasteiger partial charge in [-0.1, -0.05) is 0 Å². The van der Waals surface area contributed by atoms with Crippen molar-refractivity contribution >= 4 is 6.29 Å². The smallest absolute Gasteiger partial charge is 0.139 e. The summed E-state index contributed by atoms with van der Waals surface area (Å²) in [6.07, 6.45) is -2.50. The maximum Gasteiger partial charge on any atom is 0.139 e. The van der Waals surface area contributed by atoms with Gasteiger partial charge in [-0.15, -0.1) is 0 Å². The summed E-state index contributed by atoms with van der Waals surface area (Å²) in [5.74, 6) is 0. The van der Waals surface area contributed by atoms with E-state index in [9.17, 15) is 9.90 Å². The lowest BCUT2D eigenvalue weighted by Crippen LogP contribution is -2.49. The van der Waals surface area contributed by atoms with Gasteiger partial charge in [-0.2, -0.15) is 0 Å². The number of aliphatic hydroxyl groups excluding tert-OH is 2. The van der Waals surface area contributed by atoms with Crippen LogP contribution in [0.1, 0.15) is 6.92 Å². The maximum atomic E-state index is 10.2. The van der Waals surface area contributed by atoms with Crippen LogP contribution in [0.4, 0.5) is 0 Å². The highest BCUT2D eigenvalue weighted by atomic mass is 16.5. The van der Waals surface area contributed by atoms with Crippen LogP contribution < -0.4 is 5.73 Å². The predicted octanol–water partition coefficient (Wildman–Crippen LogP) is -1.73. The molecule has 0 amide bonds. The number of aliphatic hydroxyl groups is 2. The van der Waals surface area contributed by atoms with Crippen LogP contribution in [-0.2, 0) is 9.53 Å². The molecule has 12 heavy (non-hydrogen) atoms. The van der Waals surface area contributed by atoms with E-state index in [1.54, 1.807) is 0 Å². The highest BCUT2D eigenvalue weighted by molar-refractivity contribution is 5.58. The normalized spacial score (nSPS) is 21.1. The number of methoxy groups -OCH3 is 1. The van der Waals surface area contributed by atoms with Crippen molar-refractivity contribution in [2.45, 2.75) is 31.3 Å². The van der Waals surface area contributed by atoms with E-state index in [1.165, 1.54) is 14.0 Å². The van der Waals surface area contributed by atoms with E-state index in [-0.39, 0.29) is 0 Å². The number of carbonyl (C=O) groups excluding carboxylic acids is 1. The highest BCUT2D eigenvalue weighted by Gasteiger charge is 2.28. The molecule has 0 bridgehead atoms. The summed E-state index contributed by atoms with van der Waals surface area (Å²) in [6.45, 7) is 1.40. The molecule has 0 aliphatic heterocycles. The Balaban J connectivity index is 4.22. The van der Waals surface area contributed by atoms with E-state index < -0.39 is 24.4 Å². The van der Waals surface area contributed by atoms with Crippen LogP contribution in [-0.4, -0.2) is 48.0 Å². The van der Waals surface area contributed by atoms with Crippen LogP contribution >= 0.6 is 0 Å². The first kappa shape index (κ1) is 11.5. The molecule has 0 saturated heterocycles. The first-order valence-electron chi connectivity index (χ1n) is 3.64. The summed E-state index contributed by atoms with van der Waals surface area (Å²) in [5, 5.41) is 18.2. The third-order valence-corrected chi connectivity index (χ3v) is 1.64. The summed E-state index contributed by atoms with van der Waals surface area (Å²) < 4.78 is 4.76.